The number of carbonyl (C=O) groups is 3. The van der Waals surface area contributed by atoms with Crippen molar-refractivity contribution in [1.29, 1.82) is 0 Å². The molecule has 8 heteroatoms. The molecule has 4 amide bonds. The van der Waals surface area contributed by atoms with Crippen LogP contribution < -0.4 is 15.4 Å². The van der Waals surface area contributed by atoms with Gasteiger partial charge in [0.1, 0.15) is 11.6 Å². The number of nitrogens with one attached hydrogen (secondary N) is 2. The largest absolute Gasteiger partial charge is 0.496 e. The molecule has 3 rings (SSSR count). The SMILES string of the molecule is CCCC(=O)NC(=O)N1CCC(CNC(=O)c2ccccc2OC)(c2cccc(F)c2)CC1. The number of methoxy groups -OCH3 is 1. The Balaban J connectivity index is 1.75. The van der Waals surface area contributed by atoms with Gasteiger partial charge in [0.05, 0.1) is 12.7 Å². The fourth-order valence-corrected chi connectivity index (χ4v) is 4.19. The molecule has 0 unspecified atom stereocenters. The van der Waals surface area contributed by atoms with Crippen LogP contribution in [0.4, 0.5) is 9.18 Å². The number of hydrogen-bond donors (Lipinski definition) is 2. The minimum Gasteiger partial charge on any atom is -0.496 e. The molecule has 1 aliphatic rings. The van der Waals surface area contributed by atoms with Gasteiger partial charge in [-0.25, -0.2) is 9.18 Å². The van der Waals surface area contributed by atoms with Crippen LogP contribution in [0.2, 0.25) is 0 Å². The van der Waals surface area contributed by atoms with Gasteiger partial charge in [-0.2, -0.15) is 0 Å². The summed E-state index contributed by atoms with van der Waals surface area (Å²) >= 11 is 0. The minimum absolute atomic E-state index is 0.275. The highest BCUT2D eigenvalue weighted by Gasteiger charge is 2.38. The average molecular weight is 456 g/mol. The molecule has 1 aliphatic heterocycles. The number of benzene rings is 2. The monoisotopic (exact) mass is 455 g/mol. The molecule has 33 heavy (non-hydrogen) atoms. The van der Waals surface area contributed by atoms with Gasteiger partial charge in [0.25, 0.3) is 5.91 Å². The summed E-state index contributed by atoms with van der Waals surface area (Å²) in [5, 5.41) is 5.40. The normalized spacial score (nSPS) is 14.9. The number of carbonyl (C=O) groups excluding carboxylic acids is 3. The molecule has 2 aromatic rings. The van der Waals surface area contributed by atoms with Crippen molar-refractivity contribution in [2.75, 3.05) is 26.7 Å². The molecule has 2 N–H and O–H groups in total. The first-order valence-electron chi connectivity index (χ1n) is 11.1. The van der Waals surface area contributed by atoms with Crippen LogP contribution >= 0.6 is 0 Å². The summed E-state index contributed by atoms with van der Waals surface area (Å²) in [4.78, 5) is 38.7. The second-order valence-corrected chi connectivity index (χ2v) is 8.26. The predicted octanol–water partition coefficient (Wildman–Crippen LogP) is 3.63. The number of likely N-dealkylation sites (tertiary alicyclic amines) is 1. The molecule has 0 aliphatic carbocycles. The Kier molecular flexibility index (Phi) is 8.03. The van der Waals surface area contributed by atoms with E-state index in [0.717, 1.165) is 5.56 Å². The van der Waals surface area contributed by atoms with Crippen molar-refractivity contribution in [3.05, 3.63) is 65.5 Å². The van der Waals surface area contributed by atoms with Gasteiger partial charge in [-0.05, 0) is 49.1 Å². The maximum absolute atomic E-state index is 14.1. The Morgan fingerprint density at radius 1 is 1.09 bits per heavy atom. The van der Waals surface area contributed by atoms with Crippen molar-refractivity contribution in [1.82, 2.24) is 15.5 Å². The van der Waals surface area contributed by atoms with Gasteiger partial charge in [-0.3, -0.25) is 14.9 Å². The van der Waals surface area contributed by atoms with Gasteiger partial charge in [0, 0.05) is 31.5 Å². The van der Waals surface area contributed by atoms with Gasteiger partial charge < -0.3 is 15.0 Å². The van der Waals surface area contributed by atoms with Gasteiger partial charge in [-0.1, -0.05) is 31.2 Å². The van der Waals surface area contributed by atoms with E-state index in [4.69, 9.17) is 4.74 Å². The molecular formula is C25H30FN3O4. The third-order valence-electron chi connectivity index (χ3n) is 6.11. The number of halogens is 1. The Bertz CT molecular complexity index is 1000. The summed E-state index contributed by atoms with van der Waals surface area (Å²) in [6.07, 6.45) is 1.98. The molecule has 7 nitrogen and oxygen atoms in total. The Morgan fingerprint density at radius 2 is 1.82 bits per heavy atom. The summed E-state index contributed by atoms with van der Waals surface area (Å²) in [5.41, 5.74) is 0.634. The van der Waals surface area contributed by atoms with Crippen molar-refractivity contribution in [3.8, 4) is 5.75 Å². The van der Waals surface area contributed by atoms with Crippen LogP contribution in [-0.2, 0) is 10.2 Å². The van der Waals surface area contributed by atoms with E-state index in [1.54, 1.807) is 35.2 Å². The van der Waals surface area contributed by atoms with Crippen LogP contribution in [0.25, 0.3) is 0 Å². The van der Waals surface area contributed by atoms with Crippen LogP contribution in [0, 0.1) is 5.82 Å². The first-order chi connectivity index (χ1) is 15.9. The van der Waals surface area contributed by atoms with E-state index in [9.17, 15) is 18.8 Å². The maximum Gasteiger partial charge on any atom is 0.324 e. The third kappa shape index (κ3) is 5.88. The molecule has 0 aromatic heterocycles. The molecule has 1 saturated heterocycles. The Morgan fingerprint density at radius 3 is 2.48 bits per heavy atom. The summed E-state index contributed by atoms with van der Waals surface area (Å²) in [7, 11) is 1.51. The molecule has 176 valence electrons. The molecule has 1 heterocycles. The highest BCUT2D eigenvalue weighted by atomic mass is 19.1. The second kappa shape index (κ2) is 10.9. The van der Waals surface area contributed by atoms with Crippen LogP contribution in [-0.4, -0.2) is 49.5 Å². The highest BCUT2D eigenvalue weighted by Crippen LogP contribution is 2.35. The molecule has 0 saturated carbocycles. The first kappa shape index (κ1) is 24.2. The van der Waals surface area contributed by atoms with Crippen LogP contribution in [0.15, 0.2) is 48.5 Å². The van der Waals surface area contributed by atoms with Crippen molar-refractivity contribution < 1.29 is 23.5 Å². The second-order valence-electron chi connectivity index (χ2n) is 8.26. The zero-order valence-corrected chi connectivity index (χ0v) is 19.0. The zero-order valence-electron chi connectivity index (χ0n) is 19.0. The van der Waals surface area contributed by atoms with Crippen LogP contribution in [0.5, 0.6) is 5.75 Å². The number of nitrogens with zero attached hydrogens (tertiary/aromatic N) is 1. The van der Waals surface area contributed by atoms with Crippen molar-refractivity contribution in [2.45, 2.75) is 38.0 Å². The van der Waals surface area contributed by atoms with E-state index in [1.807, 2.05) is 13.0 Å². The quantitative estimate of drug-likeness (QED) is 0.667. The third-order valence-corrected chi connectivity index (χ3v) is 6.11. The van der Waals surface area contributed by atoms with Gasteiger partial charge in [0.2, 0.25) is 5.91 Å². The molecule has 0 radical (unpaired) electrons. The fourth-order valence-electron chi connectivity index (χ4n) is 4.19. The summed E-state index contributed by atoms with van der Waals surface area (Å²) < 4.78 is 19.3. The number of para-hydroxylation sites is 1. The van der Waals surface area contributed by atoms with E-state index < -0.39 is 11.4 Å². The van der Waals surface area contributed by atoms with E-state index in [-0.39, 0.29) is 24.2 Å². The molecule has 2 aromatic carbocycles. The summed E-state index contributed by atoms with van der Waals surface area (Å²) in [5.74, 6) is -0.464. The average Bonchev–Trinajstić information content (AvgIpc) is 2.83. The standard InChI is InChI=1S/C25H30FN3O4/c1-3-7-22(30)28-24(32)29-14-12-25(13-15-29,18-8-6-9-19(26)16-18)17-27-23(31)20-10-4-5-11-21(20)33-2/h4-6,8-11,16H,3,7,12-15,17H2,1-2H3,(H,27,31)(H,28,30,32). The van der Waals surface area contributed by atoms with E-state index in [2.05, 4.69) is 10.6 Å². The van der Waals surface area contributed by atoms with Gasteiger partial charge in [0.15, 0.2) is 0 Å². The maximum atomic E-state index is 14.1. The van der Waals surface area contributed by atoms with Crippen molar-refractivity contribution in [2.24, 2.45) is 0 Å². The van der Waals surface area contributed by atoms with E-state index >= 15 is 0 Å². The van der Waals surface area contributed by atoms with Crippen LogP contribution in [0.3, 0.4) is 0 Å². The topological polar surface area (TPSA) is 87.7 Å². The zero-order chi connectivity index (χ0) is 23.8. The molecule has 0 bridgehead atoms. The number of urea groups is 1. The molecular weight excluding hydrogens is 425 g/mol. The first-order valence-corrected chi connectivity index (χ1v) is 11.1. The van der Waals surface area contributed by atoms with E-state index in [1.165, 1.54) is 19.2 Å². The molecule has 0 spiro atoms. The van der Waals surface area contributed by atoms with Crippen molar-refractivity contribution in [3.63, 3.8) is 0 Å². The Hall–Kier alpha value is -3.42. The smallest absolute Gasteiger partial charge is 0.324 e. The number of hydrogen-bond acceptors (Lipinski definition) is 4. The lowest BCUT2D eigenvalue weighted by Gasteiger charge is -2.42. The lowest BCUT2D eigenvalue weighted by atomic mass is 9.72. The molecule has 1 fully saturated rings. The minimum atomic E-state index is -0.552. The summed E-state index contributed by atoms with van der Waals surface area (Å²) in [6.45, 7) is 2.91. The molecule has 0 atom stereocenters. The van der Waals surface area contributed by atoms with E-state index in [0.29, 0.717) is 50.1 Å². The van der Waals surface area contributed by atoms with Crippen molar-refractivity contribution >= 4 is 17.8 Å². The number of piperidine rings is 1. The number of ether oxygens (including phenoxy) is 1. The van der Waals surface area contributed by atoms with Gasteiger partial charge in [-0.15, -0.1) is 0 Å². The number of rotatable bonds is 7. The highest BCUT2D eigenvalue weighted by molar-refractivity contribution is 5.97. The van der Waals surface area contributed by atoms with Gasteiger partial charge >= 0.3 is 6.03 Å². The lowest BCUT2D eigenvalue weighted by Crippen LogP contribution is -2.53. The Labute approximate surface area is 193 Å². The fraction of sp³-hybridized carbons (Fsp3) is 0.400. The predicted molar refractivity (Wildman–Crippen MR) is 123 cm³/mol. The lowest BCUT2D eigenvalue weighted by molar-refractivity contribution is -0.120. The number of imide groups is 1. The number of amides is 4. The van der Waals surface area contributed by atoms with Crippen LogP contribution in [0.1, 0.15) is 48.5 Å². The summed E-state index contributed by atoms with van der Waals surface area (Å²) in [6, 6.07) is 12.9.